The Kier molecular flexibility index (Phi) is 6.12. The minimum atomic E-state index is -0.756. The molecule has 0 atom stereocenters. The van der Waals surface area contributed by atoms with Crippen molar-refractivity contribution in [2.24, 2.45) is 0 Å². The summed E-state index contributed by atoms with van der Waals surface area (Å²) >= 11 is 0. The van der Waals surface area contributed by atoms with Crippen molar-refractivity contribution in [1.29, 1.82) is 0 Å². The smallest absolute Gasteiger partial charge is 0.228 e. The number of carbonyl (C=O) groups excluding carboxylic acids is 1. The first-order chi connectivity index (χ1) is 15.8. The van der Waals surface area contributed by atoms with E-state index >= 15 is 0 Å². The van der Waals surface area contributed by atoms with E-state index in [0.717, 1.165) is 29.1 Å². The first kappa shape index (κ1) is 22.1. The van der Waals surface area contributed by atoms with Gasteiger partial charge in [-0.15, -0.1) is 0 Å². The van der Waals surface area contributed by atoms with Crippen molar-refractivity contribution in [3.63, 3.8) is 0 Å². The maximum absolute atomic E-state index is 13.7. The Hall–Kier alpha value is -4.14. The summed E-state index contributed by atoms with van der Waals surface area (Å²) in [7, 11) is 0. The van der Waals surface area contributed by atoms with E-state index in [9.17, 15) is 13.6 Å². The number of halogens is 2. The van der Waals surface area contributed by atoms with Gasteiger partial charge in [0.15, 0.2) is 5.82 Å². The number of nitrogens with zero attached hydrogens (tertiary/aromatic N) is 4. The van der Waals surface area contributed by atoms with E-state index in [1.165, 1.54) is 12.4 Å². The standard InChI is InChI=1S/C24H21F2N5O2/c1-14-15(2)30-31(16(14)3)22-12-24(28-13-27-22)33-20-8-6-19(7-9-20)29-23(32)10-17-4-5-18(25)11-21(17)26/h4-9,11-13H,10H2,1-3H3,(H,29,32). The fourth-order valence-corrected chi connectivity index (χ4v) is 3.22. The molecule has 168 valence electrons. The lowest BCUT2D eigenvalue weighted by molar-refractivity contribution is -0.115. The number of rotatable bonds is 6. The van der Waals surface area contributed by atoms with Gasteiger partial charge in [0.2, 0.25) is 11.8 Å². The molecule has 33 heavy (non-hydrogen) atoms. The first-order valence-electron chi connectivity index (χ1n) is 10.2. The Bertz CT molecular complexity index is 1320. The lowest BCUT2D eigenvalue weighted by atomic mass is 10.1. The van der Waals surface area contributed by atoms with Gasteiger partial charge in [0.05, 0.1) is 12.1 Å². The Morgan fingerprint density at radius 3 is 2.45 bits per heavy atom. The second kappa shape index (κ2) is 9.15. The topological polar surface area (TPSA) is 81.9 Å². The van der Waals surface area contributed by atoms with Crippen molar-refractivity contribution >= 4 is 11.6 Å². The van der Waals surface area contributed by atoms with Crippen LogP contribution >= 0.6 is 0 Å². The van der Waals surface area contributed by atoms with Crippen LogP contribution in [0.4, 0.5) is 14.5 Å². The molecule has 2 aromatic carbocycles. The van der Waals surface area contributed by atoms with Crippen molar-refractivity contribution in [3.8, 4) is 17.4 Å². The molecule has 0 saturated heterocycles. The van der Waals surface area contributed by atoms with Crippen LogP contribution in [-0.4, -0.2) is 25.7 Å². The zero-order valence-corrected chi connectivity index (χ0v) is 18.3. The van der Waals surface area contributed by atoms with Crippen molar-refractivity contribution < 1.29 is 18.3 Å². The summed E-state index contributed by atoms with van der Waals surface area (Å²) in [6, 6.07) is 11.5. The van der Waals surface area contributed by atoms with Crippen LogP contribution in [0.1, 0.15) is 22.5 Å². The van der Waals surface area contributed by atoms with Gasteiger partial charge in [-0.1, -0.05) is 6.07 Å². The SMILES string of the molecule is Cc1nn(-c2cc(Oc3ccc(NC(=O)Cc4ccc(F)cc4F)cc3)ncn2)c(C)c1C. The van der Waals surface area contributed by atoms with Crippen LogP contribution < -0.4 is 10.1 Å². The normalized spacial score (nSPS) is 10.8. The number of hydrogen-bond donors (Lipinski definition) is 1. The Morgan fingerprint density at radius 2 is 1.79 bits per heavy atom. The molecule has 0 radical (unpaired) electrons. The molecule has 7 nitrogen and oxygen atoms in total. The summed E-state index contributed by atoms with van der Waals surface area (Å²) in [6.07, 6.45) is 1.19. The Balaban J connectivity index is 1.41. The highest BCUT2D eigenvalue weighted by Crippen LogP contribution is 2.23. The van der Waals surface area contributed by atoms with Crippen LogP contribution in [0, 0.1) is 32.4 Å². The molecule has 2 heterocycles. The number of amides is 1. The van der Waals surface area contributed by atoms with E-state index in [0.29, 0.717) is 23.1 Å². The quantitative estimate of drug-likeness (QED) is 0.456. The molecule has 9 heteroatoms. The van der Waals surface area contributed by atoms with Crippen LogP contribution in [0.15, 0.2) is 54.9 Å². The molecule has 0 unspecified atom stereocenters. The zero-order chi connectivity index (χ0) is 23.5. The number of aromatic nitrogens is 4. The molecule has 1 amide bonds. The predicted molar refractivity (Wildman–Crippen MR) is 119 cm³/mol. The second-order valence-electron chi connectivity index (χ2n) is 7.51. The van der Waals surface area contributed by atoms with Gasteiger partial charge in [-0.2, -0.15) is 5.10 Å². The third-order valence-corrected chi connectivity index (χ3v) is 5.22. The Labute approximate surface area is 189 Å². The zero-order valence-electron chi connectivity index (χ0n) is 18.3. The third-order valence-electron chi connectivity index (χ3n) is 5.22. The summed E-state index contributed by atoms with van der Waals surface area (Å²) in [5, 5.41) is 7.17. The molecular formula is C24H21F2N5O2. The number of hydrogen-bond acceptors (Lipinski definition) is 5. The summed E-state index contributed by atoms with van der Waals surface area (Å²) < 4.78 is 34.3. The Morgan fingerprint density at radius 1 is 1.03 bits per heavy atom. The van der Waals surface area contributed by atoms with Crippen LogP contribution in [-0.2, 0) is 11.2 Å². The first-order valence-corrected chi connectivity index (χ1v) is 10.2. The lowest BCUT2D eigenvalue weighted by Crippen LogP contribution is -2.15. The molecule has 0 fully saturated rings. The van der Waals surface area contributed by atoms with E-state index in [4.69, 9.17) is 4.74 Å². The van der Waals surface area contributed by atoms with Gasteiger partial charge in [0, 0.05) is 23.5 Å². The molecule has 0 spiro atoms. The molecule has 0 aliphatic rings. The number of ether oxygens (including phenoxy) is 1. The number of benzene rings is 2. The predicted octanol–water partition coefficient (Wildman–Crippen LogP) is 4.84. The van der Waals surface area contributed by atoms with E-state index in [1.54, 1.807) is 35.0 Å². The van der Waals surface area contributed by atoms with Crippen LogP contribution in [0.3, 0.4) is 0 Å². The van der Waals surface area contributed by atoms with Crippen LogP contribution in [0.2, 0.25) is 0 Å². The molecule has 0 aliphatic heterocycles. The van der Waals surface area contributed by atoms with Gasteiger partial charge in [0.1, 0.15) is 23.7 Å². The lowest BCUT2D eigenvalue weighted by Gasteiger charge is -2.09. The van der Waals surface area contributed by atoms with Crippen LogP contribution in [0.25, 0.3) is 5.82 Å². The van der Waals surface area contributed by atoms with Crippen molar-refractivity contribution in [3.05, 3.63) is 89.0 Å². The van der Waals surface area contributed by atoms with Crippen molar-refractivity contribution in [2.45, 2.75) is 27.2 Å². The summed E-state index contributed by atoms with van der Waals surface area (Å²) in [6.45, 7) is 5.91. The highest BCUT2D eigenvalue weighted by Gasteiger charge is 2.12. The minimum absolute atomic E-state index is 0.117. The van der Waals surface area contributed by atoms with Gasteiger partial charge in [-0.3, -0.25) is 4.79 Å². The average Bonchev–Trinajstić information content (AvgIpc) is 3.04. The van der Waals surface area contributed by atoms with E-state index in [2.05, 4.69) is 20.4 Å². The molecule has 4 rings (SSSR count). The molecule has 1 N–H and O–H groups in total. The van der Waals surface area contributed by atoms with E-state index in [-0.39, 0.29) is 12.0 Å². The summed E-state index contributed by atoms with van der Waals surface area (Å²) in [5.74, 6) is -0.428. The minimum Gasteiger partial charge on any atom is -0.439 e. The fourth-order valence-electron chi connectivity index (χ4n) is 3.22. The number of nitrogens with one attached hydrogen (secondary N) is 1. The fraction of sp³-hybridized carbons (Fsp3) is 0.167. The van der Waals surface area contributed by atoms with Crippen LogP contribution in [0.5, 0.6) is 11.6 Å². The van der Waals surface area contributed by atoms with Crippen molar-refractivity contribution in [1.82, 2.24) is 19.7 Å². The molecular weight excluding hydrogens is 428 g/mol. The number of carbonyl (C=O) groups is 1. The molecule has 0 saturated carbocycles. The molecule has 2 aromatic heterocycles. The highest BCUT2D eigenvalue weighted by atomic mass is 19.1. The summed E-state index contributed by atoms with van der Waals surface area (Å²) in [5.41, 5.74) is 3.63. The van der Waals surface area contributed by atoms with Crippen molar-refractivity contribution in [2.75, 3.05) is 5.32 Å². The number of anilines is 1. The average molecular weight is 449 g/mol. The summed E-state index contributed by atoms with van der Waals surface area (Å²) in [4.78, 5) is 20.6. The largest absolute Gasteiger partial charge is 0.439 e. The van der Waals surface area contributed by atoms with Gasteiger partial charge < -0.3 is 10.1 Å². The van der Waals surface area contributed by atoms with E-state index < -0.39 is 17.5 Å². The van der Waals surface area contributed by atoms with Gasteiger partial charge in [0.25, 0.3) is 0 Å². The van der Waals surface area contributed by atoms with Gasteiger partial charge in [-0.25, -0.2) is 23.4 Å². The van der Waals surface area contributed by atoms with Gasteiger partial charge >= 0.3 is 0 Å². The maximum Gasteiger partial charge on any atom is 0.228 e. The number of aryl methyl sites for hydroxylation is 1. The molecule has 0 aliphatic carbocycles. The second-order valence-corrected chi connectivity index (χ2v) is 7.51. The third kappa shape index (κ3) is 5.03. The van der Waals surface area contributed by atoms with E-state index in [1.807, 2.05) is 20.8 Å². The maximum atomic E-state index is 13.7. The molecule has 0 bridgehead atoms. The molecule has 4 aromatic rings. The monoisotopic (exact) mass is 449 g/mol. The highest BCUT2D eigenvalue weighted by molar-refractivity contribution is 5.92. The van der Waals surface area contributed by atoms with Gasteiger partial charge in [-0.05, 0) is 62.2 Å².